The number of aryl methyl sites for hydroxylation is 1. The number of aromatic carboxylic acids is 1. The molecule has 4 rings (SSSR count). The molecule has 13 heteroatoms. The Bertz CT molecular complexity index is 1270. The average molecular weight is 517 g/mol. The van der Waals surface area contributed by atoms with E-state index in [4.69, 9.17) is 20.0 Å². The number of anilines is 1. The molecule has 2 aromatic heterocycles. The fourth-order valence-electron chi connectivity index (χ4n) is 2.74. The van der Waals surface area contributed by atoms with E-state index in [9.17, 15) is 18.0 Å². The molecule has 0 atom stereocenters. The molecule has 0 aliphatic rings. The third-order valence-electron chi connectivity index (χ3n) is 4.43. The zero-order valence-electron chi connectivity index (χ0n) is 19.2. The molecule has 0 spiro atoms. The van der Waals surface area contributed by atoms with Crippen molar-refractivity contribution >= 4 is 23.8 Å². The summed E-state index contributed by atoms with van der Waals surface area (Å²) in [6.07, 6.45) is 3.56. The second-order valence-corrected chi connectivity index (χ2v) is 7.26. The minimum atomic E-state index is -4.73. The van der Waals surface area contributed by atoms with Crippen molar-refractivity contribution < 1.29 is 37.0 Å². The molecule has 0 fully saturated rings. The zero-order chi connectivity index (χ0) is 26.7. The highest BCUT2D eigenvalue weighted by Crippen LogP contribution is 2.23. The van der Waals surface area contributed by atoms with Crippen molar-refractivity contribution in [1.29, 1.82) is 0 Å². The number of carboxylic acids is 1. The third kappa shape index (κ3) is 9.76. The topological polar surface area (TPSA) is 139 Å². The maximum Gasteiger partial charge on any atom is 0.573 e. The molecule has 0 unspecified atom stereocenters. The summed E-state index contributed by atoms with van der Waals surface area (Å²) in [4.78, 5) is 14.3. The summed E-state index contributed by atoms with van der Waals surface area (Å²) in [5, 5.41) is 16.2. The number of nitrogen functional groups attached to an aromatic ring is 1. The first-order chi connectivity index (χ1) is 17.7. The number of nitrogens with zero attached hydrogens (tertiary/aromatic N) is 4. The minimum absolute atomic E-state index is 0.0722. The molecule has 0 saturated heterocycles. The molecule has 0 radical (unpaired) electrons. The number of rotatable bonds is 9. The van der Waals surface area contributed by atoms with Crippen LogP contribution in [-0.2, 0) is 6.54 Å². The standard InChI is InChI=1S/C13H8F3NO4.C11H14N4O/c14-13(15,16)21-9-4-1-8(2-5-9)3-6-11-17-10(7-20-11)12(18)19;12-10-2-4-11(5-3-10)16-9-1-7-15-8-6-13-14-15/h1-7H,(H,18,19);2-6,8H,1,7,9,12H2. The van der Waals surface area contributed by atoms with E-state index in [-0.39, 0.29) is 17.3 Å². The Morgan fingerprint density at radius 1 is 1.08 bits per heavy atom. The van der Waals surface area contributed by atoms with Gasteiger partial charge in [-0.25, -0.2) is 9.78 Å². The Morgan fingerprint density at radius 3 is 2.38 bits per heavy atom. The number of aromatic nitrogens is 4. The molecule has 37 heavy (non-hydrogen) atoms. The molecule has 0 aliphatic heterocycles. The number of benzene rings is 2. The molecule has 0 amide bonds. The number of carbonyl (C=O) groups is 1. The van der Waals surface area contributed by atoms with Crippen molar-refractivity contribution in [2.75, 3.05) is 12.3 Å². The smallest absolute Gasteiger partial charge is 0.494 e. The van der Waals surface area contributed by atoms with Gasteiger partial charge in [-0.15, -0.1) is 18.3 Å². The van der Waals surface area contributed by atoms with E-state index in [1.165, 1.54) is 24.3 Å². The number of hydrogen-bond acceptors (Lipinski definition) is 8. The van der Waals surface area contributed by atoms with E-state index in [1.807, 2.05) is 30.5 Å². The Morgan fingerprint density at radius 2 is 1.78 bits per heavy atom. The Labute approximate surface area is 208 Å². The molecule has 2 heterocycles. The maximum absolute atomic E-state index is 12.0. The fraction of sp³-hybridized carbons (Fsp3) is 0.167. The zero-order valence-corrected chi connectivity index (χ0v) is 19.2. The van der Waals surface area contributed by atoms with Crippen LogP contribution in [0.1, 0.15) is 28.4 Å². The maximum atomic E-state index is 12.0. The second-order valence-electron chi connectivity index (χ2n) is 7.26. The van der Waals surface area contributed by atoms with Gasteiger partial charge in [0.25, 0.3) is 0 Å². The Kier molecular flexibility index (Phi) is 9.24. The number of nitrogens with two attached hydrogens (primary N) is 1. The van der Waals surface area contributed by atoms with Crippen LogP contribution in [0.25, 0.3) is 12.2 Å². The van der Waals surface area contributed by atoms with Crippen molar-refractivity contribution in [2.24, 2.45) is 0 Å². The van der Waals surface area contributed by atoms with E-state index in [1.54, 1.807) is 10.9 Å². The normalized spacial score (nSPS) is 11.1. The van der Waals surface area contributed by atoms with Gasteiger partial charge in [-0.05, 0) is 48.0 Å². The van der Waals surface area contributed by atoms with Crippen molar-refractivity contribution in [1.82, 2.24) is 20.0 Å². The van der Waals surface area contributed by atoms with Crippen LogP contribution in [0.5, 0.6) is 11.5 Å². The first-order valence-corrected chi connectivity index (χ1v) is 10.7. The van der Waals surface area contributed by atoms with Gasteiger partial charge in [0.2, 0.25) is 5.89 Å². The predicted octanol–water partition coefficient (Wildman–Crippen LogP) is 4.77. The summed E-state index contributed by atoms with van der Waals surface area (Å²) in [6.45, 7) is 1.47. The van der Waals surface area contributed by atoms with Gasteiger partial charge in [-0.3, -0.25) is 4.68 Å². The summed E-state index contributed by atoms with van der Waals surface area (Å²) in [7, 11) is 0. The monoisotopic (exact) mass is 517 g/mol. The Hall–Kier alpha value is -4.81. The number of carboxylic acid groups (broad SMARTS) is 1. The van der Waals surface area contributed by atoms with Gasteiger partial charge in [-0.1, -0.05) is 17.3 Å². The van der Waals surface area contributed by atoms with E-state index in [2.05, 4.69) is 20.0 Å². The molecule has 3 N–H and O–H groups in total. The Balaban J connectivity index is 0.000000213. The number of ether oxygens (including phenoxy) is 2. The van der Waals surface area contributed by atoms with Gasteiger partial charge < -0.3 is 24.7 Å². The van der Waals surface area contributed by atoms with E-state index in [0.717, 1.165) is 42.8 Å². The minimum Gasteiger partial charge on any atom is -0.494 e. The number of halogens is 3. The molecule has 194 valence electrons. The first kappa shape index (κ1) is 26.8. The molecule has 10 nitrogen and oxygen atoms in total. The fourth-order valence-corrected chi connectivity index (χ4v) is 2.74. The number of hydrogen-bond donors (Lipinski definition) is 2. The lowest BCUT2D eigenvalue weighted by Crippen LogP contribution is -2.16. The van der Waals surface area contributed by atoms with Crippen LogP contribution in [0.15, 0.2) is 71.6 Å². The van der Waals surface area contributed by atoms with Crippen LogP contribution >= 0.6 is 0 Å². The molecular weight excluding hydrogens is 495 g/mol. The van der Waals surface area contributed by atoms with Crippen LogP contribution < -0.4 is 15.2 Å². The molecule has 2 aromatic carbocycles. The SMILES string of the molecule is Nc1ccc(OCCCn2ccnn2)cc1.O=C(O)c1coc(C=Cc2ccc(OC(F)(F)F)cc2)n1. The summed E-state index contributed by atoms with van der Waals surface area (Å²) in [5.41, 5.74) is 6.65. The quantitative estimate of drug-likeness (QED) is 0.237. The van der Waals surface area contributed by atoms with Gasteiger partial charge >= 0.3 is 12.3 Å². The summed E-state index contributed by atoms with van der Waals surface area (Å²) in [6, 6.07) is 12.5. The van der Waals surface area contributed by atoms with Crippen LogP contribution in [-0.4, -0.2) is 44.0 Å². The first-order valence-electron chi connectivity index (χ1n) is 10.7. The second kappa shape index (κ2) is 12.8. The van der Waals surface area contributed by atoms with Crippen LogP contribution in [0, 0.1) is 0 Å². The molecular formula is C24H22F3N5O5. The lowest BCUT2D eigenvalue weighted by molar-refractivity contribution is -0.274. The van der Waals surface area contributed by atoms with Crippen molar-refractivity contribution in [2.45, 2.75) is 19.3 Å². The third-order valence-corrected chi connectivity index (χ3v) is 4.43. The molecule has 0 saturated carbocycles. The van der Waals surface area contributed by atoms with E-state index < -0.39 is 12.3 Å². The molecule has 0 aliphatic carbocycles. The number of oxazole rings is 1. The predicted molar refractivity (Wildman–Crippen MR) is 127 cm³/mol. The van der Waals surface area contributed by atoms with Crippen molar-refractivity contribution in [3.63, 3.8) is 0 Å². The molecule has 0 bridgehead atoms. The van der Waals surface area contributed by atoms with E-state index >= 15 is 0 Å². The largest absolute Gasteiger partial charge is 0.573 e. The summed E-state index contributed by atoms with van der Waals surface area (Å²) < 4.78 is 51.9. The van der Waals surface area contributed by atoms with Crippen molar-refractivity contribution in [3.05, 3.63) is 84.3 Å². The van der Waals surface area contributed by atoms with Crippen molar-refractivity contribution in [3.8, 4) is 11.5 Å². The van der Waals surface area contributed by atoms with E-state index in [0.29, 0.717) is 12.2 Å². The van der Waals surface area contributed by atoms with Gasteiger partial charge in [0.05, 0.1) is 12.8 Å². The molecule has 4 aromatic rings. The van der Waals surface area contributed by atoms with Crippen LogP contribution in [0.2, 0.25) is 0 Å². The summed E-state index contributed by atoms with van der Waals surface area (Å²) >= 11 is 0. The number of alkyl halides is 3. The lowest BCUT2D eigenvalue weighted by Gasteiger charge is -2.08. The van der Waals surface area contributed by atoms with Gasteiger partial charge in [0.15, 0.2) is 5.69 Å². The van der Waals surface area contributed by atoms with Gasteiger partial charge in [-0.2, -0.15) is 0 Å². The summed E-state index contributed by atoms with van der Waals surface area (Å²) in [5.74, 6) is -0.633. The van der Waals surface area contributed by atoms with Crippen LogP contribution in [0.3, 0.4) is 0 Å². The average Bonchev–Trinajstić information content (AvgIpc) is 3.55. The highest BCUT2D eigenvalue weighted by Gasteiger charge is 2.30. The van der Waals surface area contributed by atoms with Crippen LogP contribution in [0.4, 0.5) is 18.9 Å². The van der Waals surface area contributed by atoms with Gasteiger partial charge in [0, 0.05) is 30.9 Å². The highest BCUT2D eigenvalue weighted by molar-refractivity contribution is 5.85. The lowest BCUT2D eigenvalue weighted by atomic mass is 10.2. The highest BCUT2D eigenvalue weighted by atomic mass is 19.4. The van der Waals surface area contributed by atoms with Gasteiger partial charge in [0.1, 0.15) is 17.8 Å².